The van der Waals surface area contributed by atoms with Crippen LogP contribution in [0.3, 0.4) is 0 Å². The molecule has 20 heavy (non-hydrogen) atoms. The maximum atomic E-state index is 6.28. The molecule has 1 aromatic heterocycles. The molecule has 1 saturated carbocycles. The van der Waals surface area contributed by atoms with Gasteiger partial charge in [-0.15, -0.1) is 11.6 Å². The molecule has 0 radical (unpaired) electrons. The van der Waals surface area contributed by atoms with Crippen LogP contribution < -0.4 is 0 Å². The van der Waals surface area contributed by atoms with Crippen molar-refractivity contribution in [2.24, 2.45) is 11.8 Å². The van der Waals surface area contributed by atoms with E-state index in [4.69, 9.17) is 23.2 Å². The standard InChI is InChI=1S/C16H20Cl2N2/c1-3-11-7-8-13(10(11)2)20-14-6-4-5-12(18)16(14)19-15(20)9-17/h4-6,10-11,13H,3,7-9H2,1-2H3. The fourth-order valence-electron chi connectivity index (χ4n) is 3.76. The summed E-state index contributed by atoms with van der Waals surface area (Å²) in [6.45, 7) is 4.65. The maximum Gasteiger partial charge on any atom is 0.125 e. The fraction of sp³-hybridized carbons (Fsp3) is 0.562. The van der Waals surface area contributed by atoms with E-state index in [9.17, 15) is 0 Å². The third-order valence-corrected chi connectivity index (χ3v) is 5.45. The third kappa shape index (κ3) is 2.14. The Hall–Kier alpha value is -0.730. The molecule has 3 rings (SSSR count). The highest BCUT2D eigenvalue weighted by molar-refractivity contribution is 6.35. The minimum Gasteiger partial charge on any atom is -0.324 e. The summed E-state index contributed by atoms with van der Waals surface area (Å²) in [5.41, 5.74) is 2.01. The van der Waals surface area contributed by atoms with Crippen LogP contribution in [0.2, 0.25) is 5.02 Å². The molecule has 1 aromatic carbocycles. The van der Waals surface area contributed by atoms with E-state index in [2.05, 4.69) is 29.5 Å². The van der Waals surface area contributed by atoms with Crippen molar-refractivity contribution in [2.45, 2.75) is 45.0 Å². The first-order valence-corrected chi connectivity index (χ1v) is 8.29. The second-order valence-corrected chi connectivity index (χ2v) is 6.49. The molecule has 2 nitrogen and oxygen atoms in total. The SMILES string of the molecule is CCC1CCC(n2c(CCl)nc3c(Cl)cccc32)C1C. The summed E-state index contributed by atoms with van der Waals surface area (Å²) >= 11 is 12.4. The van der Waals surface area contributed by atoms with E-state index in [1.165, 1.54) is 19.3 Å². The van der Waals surface area contributed by atoms with Crippen LogP contribution in [0.1, 0.15) is 45.0 Å². The number of hydrogen-bond donors (Lipinski definition) is 0. The summed E-state index contributed by atoms with van der Waals surface area (Å²) in [5, 5.41) is 0.713. The largest absolute Gasteiger partial charge is 0.324 e. The summed E-state index contributed by atoms with van der Waals surface area (Å²) in [6.07, 6.45) is 3.76. The zero-order valence-corrected chi connectivity index (χ0v) is 13.5. The summed E-state index contributed by atoms with van der Waals surface area (Å²) in [5.74, 6) is 2.85. The minimum atomic E-state index is 0.436. The molecular formula is C16H20Cl2N2. The van der Waals surface area contributed by atoms with Crippen molar-refractivity contribution in [3.05, 3.63) is 29.0 Å². The van der Waals surface area contributed by atoms with Crippen LogP contribution in [0.15, 0.2) is 18.2 Å². The van der Waals surface area contributed by atoms with Gasteiger partial charge in [0.15, 0.2) is 0 Å². The van der Waals surface area contributed by atoms with E-state index in [1.807, 2.05) is 12.1 Å². The molecule has 1 heterocycles. The molecule has 0 saturated heterocycles. The maximum absolute atomic E-state index is 6.28. The van der Waals surface area contributed by atoms with Crippen molar-refractivity contribution in [3.8, 4) is 0 Å². The van der Waals surface area contributed by atoms with Crippen LogP contribution in [-0.4, -0.2) is 9.55 Å². The first kappa shape index (κ1) is 14.2. The van der Waals surface area contributed by atoms with Crippen LogP contribution in [-0.2, 0) is 5.88 Å². The van der Waals surface area contributed by atoms with Crippen LogP contribution >= 0.6 is 23.2 Å². The van der Waals surface area contributed by atoms with Crippen LogP contribution in [0.4, 0.5) is 0 Å². The Balaban J connectivity index is 2.13. The van der Waals surface area contributed by atoms with Gasteiger partial charge in [-0.3, -0.25) is 0 Å². The monoisotopic (exact) mass is 310 g/mol. The van der Waals surface area contributed by atoms with Gasteiger partial charge in [0.05, 0.1) is 16.4 Å². The highest BCUT2D eigenvalue weighted by Crippen LogP contribution is 2.44. The van der Waals surface area contributed by atoms with E-state index in [1.54, 1.807) is 0 Å². The van der Waals surface area contributed by atoms with Gasteiger partial charge >= 0.3 is 0 Å². The Bertz CT molecular complexity index is 620. The van der Waals surface area contributed by atoms with Crippen LogP contribution in [0.5, 0.6) is 0 Å². The third-order valence-electron chi connectivity index (χ3n) is 4.90. The summed E-state index contributed by atoms with van der Waals surface area (Å²) in [7, 11) is 0. The van der Waals surface area contributed by atoms with Crippen molar-refractivity contribution >= 4 is 34.2 Å². The lowest BCUT2D eigenvalue weighted by atomic mass is 9.93. The molecule has 2 aromatic rings. The molecule has 0 aliphatic heterocycles. The molecule has 0 bridgehead atoms. The van der Waals surface area contributed by atoms with Gasteiger partial charge in [-0.2, -0.15) is 0 Å². The highest BCUT2D eigenvalue weighted by atomic mass is 35.5. The Morgan fingerprint density at radius 2 is 2.15 bits per heavy atom. The van der Waals surface area contributed by atoms with Crippen LogP contribution in [0.25, 0.3) is 11.0 Å². The summed E-state index contributed by atoms with van der Waals surface area (Å²) in [6, 6.07) is 6.50. The number of para-hydroxylation sites is 1. The molecule has 3 atom stereocenters. The van der Waals surface area contributed by atoms with E-state index >= 15 is 0 Å². The van der Waals surface area contributed by atoms with Crippen LogP contribution in [0, 0.1) is 11.8 Å². The smallest absolute Gasteiger partial charge is 0.125 e. The lowest BCUT2D eigenvalue weighted by molar-refractivity contribution is 0.330. The van der Waals surface area contributed by atoms with Gasteiger partial charge < -0.3 is 4.57 Å². The van der Waals surface area contributed by atoms with E-state index in [0.29, 0.717) is 22.9 Å². The first-order chi connectivity index (χ1) is 9.67. The van der Waals surface area contributed by atoms with Gasteiger partial charge in [0, 0.05) is 6.04 Å². The predicted molar refractivity (Wildman–Crippen MR) is 85.5 cm³/mol. The van der Waals surface area contributed by atoms with Gasteiger partial charge in [-0.05, 0) is 36.8 Å². The van der Waals surface area contributed by atoms with Crippen molar-refractivity contribution in [1.29, 1.82) is 0 Å². The number of halogens is 2. The zero-order valence-electron chi connectivity index (χ0n) is 11.9. The number of hydrogen-bond acceptors (Lipinski definition) is 1. The molecule has 1 aliphatic carbocycles. The number of alkyl halides is 1. The van der Waals surface area contributed by atoms with Crippen molar-refractivity contribution in [3.63, 3.8) is 0 Å². The quantitative estimate of drug-likeness (QED) is 0.691. The van der Waals surface area contributed by atoms with Gasteiger partial charge in [-0.25, -0.2) is 4.98 Å². The second kappa shape index (κ2) is 5.57. The Kier molecular flexibility index (Phi) is 3.96. The predicted octanol–water partition coefficient (Wildman–Crippen LogP) is 5.43. The number of nitrogens with zero attached hydrogens (tertiary/aromatic N) is 2. The Morgan fingerprint density at radius 3 is 2.80 bits per heavy atom. The molecular weight excluding hydrogens is 291 g/mol. The molecule has 1 fully saturated rings. The topological polar surface area (TPSA) is 17.8 Å². The number of rotatable bonds is 3. The molecule has 1 aliphatic rings. The molecule has 0 amide bonds. The first-order valence-electron chi connectivity index (χ1n) is 7.38. The number of aromatic nitrogens is 2. The number of benzene rings is 1. The van der Waals surface area contributed by atoms with Crippen molar-refractivity contribution < 1.29 is 0 Å². The van der Waals surface area contributed by atoms with Gasteiger partial charge in [-0.1, -0.05) is 37.9 Å². The molecule has 108 valence electrons. The zero-order chi connectivity index (χ0) is 14.3. The molecule has 3 unspecified atom stereocenters. The normalized spacial score (nSPS) is 26.5. The van der Waals surface area contributed by atoms with E-state index < -0.39 is 0 Å². The Morgan fingerprint density at radius 1 is 1.35 bits per heavy atom. The van der Waals surface area contributed by atoms with Crippen molar-refractivity contribution in [1.82, 2.24) is 9.55 Å². The molecule has 4 heteroatoms. The summed E-state index contributed by atoms with van der Waals surface area (Å²) in [4.78, 5) is 4.66. The number of fused-ring (bicyclic) bond motifs is 1. The van der Waals surface area contributed by atoms with Crippen molar-refractivity contribution in [2.75, 3.05) is 0 Å². The highest BCUT2D eigenvalue weighted by Gasteiger charge is 2.34. The van der Waals surface area contributed by atoms with Gasteiger partial charge in [0.1, 0.15) is 11.3 Å². The average Bonchev–Trinajstić information content (AvgIpc) is 2.99. The lowest BCUT2D eigenvalue weighted by Crippen LogP contribution is -2.17. The number of imidazole rings is 1. The second-order valence-electron chi connectivity index (χ2n) is 5.81. The lowest BCUT2D eigenvalue weighted by Gasteiger charge is -2.23. The van der Waals surface area contributed by atoms with Gasteiger partial charge in [0.2, 0.25) is 0 Å². The molecule has 0 N–H and O–H groups in total. The average molecular weight is 311 g/mol. The molecule has 0 spiro atoms. The van der Waals surface area contributed by atoms with E-state index in [-0.39, 0.29) is 0 Å². The van der Waals surface area contributed by atoms with E-state index in [0.717, 1.165) is 22.8 Å². The summed E-state index contributed by atoms with van der Waals surface area (Å²) < 4.78 is 2.34. The fourth-order valence-corrected chi connectivity index (χ4v) is 4.16. The minimum absolute atomic E-state index is 0.436. The van der Waals surface area contributed by atoms with Gasteiger partial charge in [0.25, 0.3) is 0 Å². The Labute approximate surface area is 130 Å².